The molecule has 3 atom stereocenters. The molecule has 0 unspecified atom stereocenters. The van der Waals surface area contributed by atoms with Gasteiger partial charge in [0.2, 0.25) is 0 Å². The molecule has 0 bridgehead atoms. The van der Waals surface area contributed by atoms with Crippen molar-refractivity contribution in [2.45, 2.75) is 37.1 Å². The van der Waals surface area contributed by atoms with E-state index in [1.165, 1.54) is 0 Å². The van der Waals surface area contributed by atoms with Gasteiger partial charge < -0.3 is 5.32 Å². The molecule has 0 saturated heterocycles. The van der Waals surface area contributed by atoms with Gasteiger partial charge in [0.25, 0.3) is 10.0 Å². The van der Waals surface area contributed by atoms with E-state index in [4.69, 9.17) is 11.6 Å². The fraction of sp³-hybridized carbons (Fsp3) is 0.231. The van der Waals surface area contributed by atoms with Crippen molar-refractivity contribution in [3.63, 3.8) is 0 Å². The van der Waals surface area contributed by atoms with E-state index in [1.807, 2.05) is 62.4 Å². The van der Waals surface area contributed by atoms with Gasteiger partial charge in [-0.3, -0.25) is 4.72 Å². The minimum atomic E-state index is -3.70. The molecule has 2 N–H and O–H groups in total. The molecule has 1 heterocycles. The highest BCUT2D eigenvalue weighted by molar-refractivity contribution is 7.92. The minimum Gasteiger partial charge on any atom is -0.378 e. The molecule has 0 fully saturated rings. The molecule has 0 radical (unpaired) electrons. The lowest BCUT2D eigenvalue weighted by Crippen LogP contribution is -2.29. The van der Waals surface area contributed by atoms with E-state index in [-0.39, 0.29) is 16.9 Å². The fourth-order valence-corrected chi connectivity index (χ4v) is 6.27. The Morgan fingerprint density at radius 3 is 2.66 bits per heavy atom. The van der Waals surface area contributed by atoms with Crippen LogP contribution in [0.4, 0.5) is 11.4 Å². The number of anilines is 2. The fourth-order valence-electron chi connectivity index (χ4n) is 4.90. The number of sulfonamides is 1. The first-order valence-electron chi connectivity index (χ1n) is 10.7. The number of fused-ring (bicyclic) bond motifs is 3. The van der Waals surface area contributed by atoms with Crippen LogP contribution < -0.4 is 10.0 Å². The maximum atomic E-state index is 13.2. The van der Waals surface area contributed by atoms with Crippen molar-refractivity contribution < 1.29 is 8.42 Å². The zero-order valence-corrected chi connectivity index (χ0v) is 19.5. The van der Waals surface area contributed by atoms with E-state index < -0.39 is 10.0 Å². The number of benzene rings is 3. The number of nitrogens with one attached hydrogen (secondary N) is 2. The highest BCUT2D eigenvalue weighted by atomic mass is 35.5. The van der Waals surface area contributed by atoms with E-state index in [9.17, 15) is 8.42 Å². The van der Waals surface area contributed by atoms with Crippen molar-refractivity contribution in [3.05, 3.63) is 100 Å². The third-order valence-electron chi connectivity index (χ3n) is 6.48. The highest BCUT2D eigenvalue weighted by Crippen LogP contribution is 2.50. The molecule has 6 heteroatoms. The van der Waals surface area contributed by atoms with Crippen molar-refractivity contribution >= 4 is 33.0 Å². The summed E-state index contributed by atoms with van der Waals surface area (Å²) in [5.41, 5.74) is 5.73. The lowest BCUT2D eigenvalue weighted by molar-refractivity contribution is 0.425. The molecule has 1 aliphatic heterocycles. The van der Waals surface area contributed by atoms with Crippen LogP contribution in [-0.2, 0) is 10.0 Å². The Labute approximate surface area is 194 Å². The van der Waals surface area contributed by atoms with Gasteiger partial charge in [0.15, 0.2) is 0 Å². The largest absolute Gasteiger partial charge is 0.378 e. The predicted molar refractivity (Wildman–Crippen MR) is 131 cm³/mol. The van der Waals surface area contributed by atoms with Gasteiger partial charge in [-0.1, -0.05) is 53.6 Å². The molecule has 3 aromatic carbocycles. The molecule has 164 valence electrons. The summed E-state index contributed by atoms with van der Waals surface area (Å²) in [4.78, 5) is 0.276. The Hall–Kier alpha value is -2.76. The molecule has 0 aromatic heterocycles. The Bertz CT molecular complexity index is 1330. The Kier molecular flexibility index (Phi) is 5.26. The van der Waals surface area contributed by atoms with Crippen LogP contribution in [0.2, 0.25) is 5.02 Å². The number of hydrogen-bond acceptors (Lipinski definition) is 3. The lowest BCUT2D eigenvalue weighted by Gasteiger charge is -2.37. The van der Waals surface area contributed by atoms with Gasteiger partial charge in [0, 0.05) is 16.6 Å². The Morgan fingerprint density at radius 1 is 1.03 bits per heavy atom. The minimum absolute atomic E-state index is 0.122. The second-order valence-corrected chi connectivity index (χ2v) is 10.8. The first-order chi connectivity index (χ1) is 15.3. The van der Waals surface area contributed by atoms with Crippen LogP contribution in [-0.4, -0.2) is 8.42 Å². The molecule has 32 heavy (non-hydrogen) atoms. The summed E-state index contributed by atoms with van der Waals surface area (Å²) in [6, 6.07) is 19.1. The van der Waals surface area contributed by atoms with E-state index in [2.05, 4.69) is 28.3 Å². The average molecular weight is 465 g/mol. The first kappa shape index (κ1) is 21.1. The van der Waals surface area contributed by atoms with Crippen LogP contribution in [0.25, 0.3) is 0 Å². The van der Waals surface area contributed by atoms with E-state index in [0.29, 0.717) is 11.6 Å². The maximum absolute atomic E-state index is 13.2. The summed E-state index contributed by atoms with van der Waals surface area (Å²) in [5.74, 6) is 0.470. The zero-order chi connectivity index (χ0) is 22.5. The molecule has 0 amide bonds. The van der Waals surface area contributed by atoms with E-state index in [1.54, 1.807) is 6.07 Å². The van der Waals surface area contributed by atoms with Crippen molar-refractivity contribution in [1.82, 2.24) is 0 Å². The summed E-state index contributed by atoms with van der Waals surface area (Å²) >= 11 is 6.25. The quantitative estimate of drug-likeness (QED) is 0.428. The monoisotopic (exact) mass is 464 g/mol. The maximum Gasteiger partial charge on any atom is 0.261 e. The third-order valence-corrected chi connectivity index (χ3v) is 8.08. The topological polar surface area (TPSA) is 58.2 Å². The SMILES string of the molecule is Cc1ccc(NS(=O)(=O)c2ccc3c(c2)[C@H]2C=CC[C@H]2[C@@H](c2cccc(Cl)c2)N3)c(C)c1. The molecule has 3 aromatic rings. The second kappa shape index (κ2) is 7.98. The van der Waals surface area contributed by atoms with Crippen molar-refractivity contribution in [1.29, 1.82) is 0 Å². The number of halogens is 1. The highest BCUT2D eigenvalue weighted by Gasteiger charge is 2.38. The number of hydrogen-bond donors (Lipinski definition) is 2. The summed E-state index contributed by atoms with van der Waals surface area (Å²) in [6.07, 6.45) is 5.33. The average Bonchev–Trinajstić information content (AvgIpc) is 3.25. The molecular weight excluding hydrogens is 440 g/mol. The van der Waals surface area contributed by atoms with Gasteiger partial charge in [-0.15, -0.1) is 0 Å². The van der Waals surface area contributed by atoms with Crippen LogP contribution >= 0.6 is 11.6 Å². The van der Waals surface area contributed by atoms with Crippen molar-refractivity contribution in [2.24, 2.45) is 5.92 Å². The second-order valence-electron chi connectivity index (χ2n) is 8.70. The number of rotatable bonds is 4. The van der Waals surface area contributed by atoms with Gasteiger partial charge in [-0.2, -0.15) is 0 Å². The molecule has 1 aliphatic carbocycles. The Balaban J connectivity index is 1.49. The molecule has 4 nitrogen and oxygen atoms in total. The smallest absolute Gasteiger partial charge is 0.261 e. The first-order valence-corrected chi connectivity index (χ1v) is 12.6. The summed E-state index contributed by atoms with van der Waals surface area (Å²) < 4.78 is 29.1. The summed E-state index contributed by atoms with van der Waals surface area (Å²) in [6.45, 7) is 3.90. The predicted octanol–water partition coefficient (Wildman–Crippen LogP) is 6.58. The van der Waals surface area contributed by atoms with Gasteiger partial charge >= 0.3 is 0 Å². The van der Waals surface area contributed by atoms with Gasteiger partial charge in [-0.05, 0) is 79.3 Å². The van der Waals surface area contributed by atoms with Gasteiger partial charge in [0.05, 0.1) is 16.6 Å². The molecule has 5 rings (SSSR count). The van der Waals surface area contributed by atoms with Crippen LogP contribution in [0.1, 0.15) is 40.6 Å². The number of aryl methyl sites for hydroxylation is 2. The van der Waals surface area contributed by atoms with Crippen molar-refractivity contribution in [2.75, 3.05) is 10.0 Å². The van der Waals surface area contributed by atoms with Crippen molar-refractivity contribution in [3.8, 4) is 0 Å². The molecular formula is C26H25ClN2O2S. The Morgan fingerprint density at radius 2 is 1.88 bits per heavy atom. The van der Waals surface area contributed by atoms with E-state index >= 15 is 0 Å². The number of allylic oxidation sites excluding steroid dienone is 2. The third kappa shape index (κ3) is 3.80. The van der Waals surface area contributed by atoms with Crippen LogP contribution in [0.5, 0.6) is 0 Å². The summed E-state index contributed by atoms with van der Waals surface area (Å²) in [7, 11) is -3.70. The van der Waals surface area contributed by atoms with Gasteiger partial charge in [0.1, 0.15) is 0 Å². The van der Waals surface area contributed by atoms with Crippen LogP contribution in [0.15, 0.2) is 77.7 Å². The van der Waals surface area contributed by atoms with E-state index in [0.717, 1.165) is 39.4 Å². The molecule has 2 aliphatic rings. The van der Waals surface area contributed by atoms with Gasteiger partial charge in [-0.25, -0.2) is 8.42 Å². The van der Waals surface area contributed by atoms with Crippen LogP contribution in [0.3, 0.4) is 0 Å². The van der Waals surface area contributed by atoms with Crippen LogP contribution in [0, 0.1) is 19.8 Å². The molecule has 0 saturated carbocycles. The summed E-state index contributed by atoms with van der Waals surface area (Å²) in [5, 5.41) is 4.36. The molecule has 0 spiro atoms. The normalized spacial score (nSPS) is 21.5. The lowest BCUT2D eigenvalue weighted by atomic mass is 9.77. The zero-order valence-electron chi connectivity index (χ0n) is 18.0. The standard InChI is InChI=1S/C26H25ClN2O2S/c1-16-9-11-24(17(2)13-16)29-32(30,31)20-10-12-25-23(15-20)21-7-4-8-22(21)26(28-25)18-5-3-6-19(27)14-18/h3-7,9-15,21-22,26,28-29H,8H2,1-2H3/t21-,22+,26+/m0/s1.